The first-order valence-corrected chi connectivity index (χ1v) is 6.36. The Morgan fingerprint density at radius 2 is 1.75 bits per heavy atom. The Kier molecular flexibility index (Phi) is 3.43. The lowest BCUT2D eigenvalue weighted by Crippen LogP contribution is -2.10. The molecular weight excluding hydrogens is 250 g/mol. The van der Waals surface area contributed by atoms with Gasteiger partial charge in [-0.1, -0.05) is 42.5 Å². The average Bonchev–Trinajstić information content (AvgIpc) is 2.53. The summed E-state index contributed by atoms with van der Waals surface area (Å²) < 4.78 is 0. The largest absolute Gasteiger partial charge is 0.366 e. The topological polar surface area (TPSA) is 75.9 Å². The van der Waals surface area contributed by atoms with Crippen LogP contribution in [0.3, 0.4) is 0 Å². The molecule has 20 heavy (non-hydrogen) atoms. The fourth-order valence-electron chi connectivity index (χ4n) is 2.17. The molecule has 0 radical (unpaired) electrons. The van der Waals surface area contributed by atoms with Crippen LogP contribution < -0.4 is 16.6 Å². The Morgan fingerprint density at radius 3 is 2.65 bits per heavy atom. The van der Waals surface area contributed by atoms with Gasteiger partial charge < -0.3 is 10.7 Å². The Bertz CT molecular complexity index is 721. The van der Waals surface area contributed by atoms with Crippen LogP contribution >= 0.6 is 0 Å². The lowest BCUT2D eigenvalue weighted by molar-refractivity contribution is 1.08. The molecule has 5 nitrogen and oxygen atoms in total. The predicted octanol–water partition coefficient (Wildman–Crippen LogP) is 2.53. The van der Waals surface area contributed by atoms with Crippen molar-refractivity contribution < 1.29 is 0 Å². The number of hydrogen-bond donors (Lipinski definition) is 3. The Labute approximate surface area is 116 Å². The van der Waals surface area contributed by atoms with Gasteiger partial charge in [-0.25, -0.2) is 15.8 Å². The number of fused-ring (bicyclic) bond motifs is 1. The van der Waals surface area contributed by atoms with Gasteiger partial charge in [0.25, 0.3) is 0 Å². The van der Waals surface area contributed by atoms with E-state index < -0.39 is 0 Å². The van der Waals surface area contributed by atoms with Crippen LogP contribution in [-0.4, -0.2) is 9.97 Å². The van der Waals surface area contributed by atoms with Crippen molar-refractivity contribution in [2.75, 3.05) is 10.7 Å². The van der Waals surface area contributed by atoms with Crippen LogP contribution in [0.5, 0.6) is 0 Å². The van der Waals surface area contributed by atoms with Gasteiger partial charge in [0.15, 0.2) is 0 Å². The molecule has 100 valence electrons. The van der Waals surface area contributed by atoms with Crippen LogP contribution in [-0.2, 0) is 6.54 Å². The molecular formula is C15H15N5. The number of hydrogen-bond acceptors (Lipinski definition) is 5. The van der Waals surface area contributed by atoms with E-state index in [9.17, 15) is 0 Å². The molecule has 0 atom stereocenters. The molecule has 2 aromatic carbocycles. The average molecular weight is 265 g/mol. The zero-order valence-corrected chi connectivity index (χ0v) is 10.9. The van der Waals surface area contributed by atoms with E-state index in [0.29, 0.717) is 12.4 Å². The summed E-state index contributed by atoms with van der Waals surface area (Å²) in [5.41, 5.74) is 3.73. The van der Waals surface area contributed by atoms with E-state index in [0.717, 1.165) is 5.82 Å². The maximum atomic E-state index is 5.33. The third-order valence-corrected chi connectivity index (χ3v) is 3.15. The van der Waals surface area contributed by atoms with Crippen molar-refractivity contribution in [2.24, 2.45) is 5.84 Å². The maximum Gasteiger partial charge on any atom is 0.145 e. The molecule has 1 heterocycles. The standard InChI is InChI=1S/C15H15N5/c16-20-15-8-14(18-10-19-15)17-9-12-6-3-5-11-4-1-2-7-13(11)12/h1-8,10H,9,16H2,(H2,17,18,19,20). The fourth-order valence-corrected chi connectivity index (χ4v) is 2.17. The van der Waals surface area contributed by atoms with Crippen molar-refractivity contribution >= 4 is 22.4 Å². The monoisotopic (exact) mass is 265 g/mol. The molecule has 0 saturated heterocycles. The first-order valence-electron chi connectivity index (χ1n) is 6.36. The molecule has 1 aromatic heterocycles. The third kappa shape index (κ3) is 2.53. The SMILES string of the molecule is NNc1cc(NCc2cccc3ccccc23)ncn1. The molecule has 0 saturated carbocycles. The number of rotatable bonds is 4. The Balaban J connectivity index is 1.83. The van der Waals surface area contributed by atoms with Gasteiger partial charge in [-0.05, 0) is 16.3 Å². The molecule has 0 aliphatic rings. The number of aromatic nitrogens is 2. The number of nitrogens with two attached hydrogens (primary N) is 1. The smallest absolute Gasteiger partial charge is 0.145 e. The predicted molar refractivity (Wildman–Crippen MR) is 81.1 cm³/mol. The minimum atomic E-state index is 0.584. The van der Waals surface area contributed by atoms with E-state index in [2.05, 4.69) is 51.0 Å². The summed E-state index contributed by atoms with van der Waals surface area (Å²) in [6.45, 7) is 0.697. The molecule has 3 rings (SSSR count). The zero-order chi connectivity index (χ0) is 13.8. The normalized spacial score (nSPS) is 10.4. The maximum absolute atomic E-state index is 5.33. The highest BCUT2D eigenvalue weighted by Gasteiger charge is 2.01. The molecule has 0 amide bonds. The van der Waals surface area contributed by atoms with Gasteiger partial charge in [0.1, 0.15) is 18.0 Å². The number of nitrogen functional groups attached to an aromatic ring is 1. The van der Waals surface area contributed by atoms with E-state index in [1.807, 2.05) is 12.1 Å². The summed E-state index contributed by atoms with van der Waals surface area (Å²) in [6, 6.07) is 16.4. The van der Waals surface area contributed by atoms with Crippen LogP contribution in [0.4, 0.5) is 11.6 Å². The summed E-state index contributed by atoms with van der Waals surface area (Å²) in [4.78, 5) is 8.14. The van der Waals surface area contributed by atoms with E-state index in [-0.39, 0.29) is 0 Å². The molecule has 0 unspecified atom stereocenters. The number of nitrogens with one attached hydrogen (secondary N) is 2. The molecule has 5 heteroatoms. The number of benzene rings is 2. The van der Waals surface area contributed by atoms with Gasteiger partial charge in [-0.3, -0.25) is 0 Å². The third-order valence-electron chi connectivity index (χ3n) is 3.15. The number of anilines is 2. The summed E-state index contributed by atoms with van der Waals surface area (Å²) in [6.07, 6.45) is 1.47. The molecule has 0 spiro atoms. The summed E-state index contributed by atoms with van der Waals surface area (Å²) in [5.74, 6) is 6.65. The fraction of sp³-hybridized carbons (Fsp3) is 0.0667. The highest BCUT2D eigenvalue weighted by Crippen LogP contribution is 2.19. The van der Waals surface area contributed by atoms with E-state index >= 15 is 0 Å². The van der Waals surface area contributed by atoms with Crippen LogP contribution in [0.25, 0.3) is 10.8 Å². The molecule has 0 bridgehead atoms. The van der Waals surface area contributed by atoms with E-state index in [1.165, 1.54) is 22.7 Å². The second-order valence-corrected chi connectivity index (χ2v) is 4.42. The number of hydrazine groups is 1. The molecule has 3 aromatic rings. The van der Waals surface area contributed by atoms with Gasteiger partial charge in [0.05, 0.1) is 0 Å². The van der Waals surface area contributed by atoms with Gasteiger partial charge in [0, 0.05) is 12.6 Å². The summed E-state index contributed by atoms with van der Waals surface area (Å²) >= 11 is 0. The van der Waals surface area contributed by atoms with Gasteiger partial charge in [-0.2, -0.15) is 0 Å². The first kappa shape index (κ1) is 12.4. The van der Waals surface area contributed by atoms with Crippen LogP contribution in [0.2, 0.25) is 0 Å². The van der Waals surface area contributed by atoms with E-state index in [4.69, 9.17) is 5.84 Å². The quantitative estimate of drug-likeness (QED) is 0.499. The molecule has 0 aliphatic heterocycles. The van der Waals surface area contributed by atoms with Crippen molar-refractivity contribution in [1.82, 2.24) is 9.97 Å². The van der Waals surface area contributed by atoms with Gasteiger partial charge in [0.2, 0.25) is 0 Å². The highest BCUT2D eigenvalue weighted by molar-refractivity contribution is 5.85. The van der Waals surface area contributed by atoms with Crippen molar-refractivity contribution in [2.45, 2.75) is 6.54 Å². The van der Waals surface area contributed by atoms with Crippen LogP contribution in [0.1, 0.15) is 5.56 Å². The van der Waals surface area contributed by atoms with Crippen molar-refractivity contribution in [3.8, 4) is 0 Å². The minimum Gasteiger partial charge on any atom is -0.366 e. The van der Waals surface area contributed by atoms with Gasteiger partial charge >= 0.3 is 0 Å². The van der Waals surface area contributed by atoms with Crippen molar-refractivity contribution in [3.63, 3.8) is 0 Å². The second kappa shape index (κ2) is 5.54. The Morgan fingerprint density at radius 1 is 0.950 bits per heavy atom. The van der Waals surface area contributed by atoms with Crippen LogP contribution in [0, 0.1) is 0 Å². The van der Waals surface area contributed by atoms with E-state index in [1.54, 1.807) is 6.07 Å². The lowest BCUT2D eigenvalue weighted by Gasteiger charge is -2.09. The first-order chi connectivity index (χ1) is 9.86. The lowest BCUT2D eigenvalue weighted by atomic mass is 10.0. The van der Waals surface area contributed by atoms with Crippen molar-refractivity contribution in [1.29, 1.82) is 0 Å². The summed E-state index contributed by atoms with van der Waals surface area (Å²) in [7, 11) is 0. The minimum absolute atomic E-state index is 0.584. The molecule has 0 aliphatic carbocycles. The van der Waals surface area contributed by atoms with Crippen LogP contribution in [0.15, 0.2) is 54.9 Å². The number of nitrogens with zero attached hydrogens (tertiary/aromatic N) is 2. The molecule has 4 N–H and O–H groups in total. The molecule has 0 fully saturated rings. The summed E-state index contributed by atoms with van der Waals surface area (Å²) in [5, 5.41) is 5.76. The zero-order valence-electron chi connectivity index (χ0n) is 10.9. The van der Waals surface area contributed by atoms with Crippen molar-refractivity contribution in [3.05, 3.63) is 60.4 Å². The Hall–Kier alpha value is -2.66. The second-order valence-electron chi connectivity index (χ2n) is 4.42. The van der Waals surface area contributed by atoms with Gasteiger partial charge in [-0.15, -0.1) is 0 Å². The highest BCUT2D eigenvalue weighted by atomic mass is 15.3.